The summed E-state index contributed by atoms with van der Waals surface area (Å²) in [6.07, 6.45) is 2.74. The van der Waals surface area contributed by atoms with Crippen molar-refractivity contribution in [3.63, 3.8) is 0 Å². The molecule has 0 saturated heterocycles. The number of alkyl halides is 1. The van der Waals surface area contributed by atoms with Gasteiger partial charge in [0.15, 0.2) is 0 Å². The molecule has 90 valence electrons. The first-order chi connectivity index (χ1) is 7.54. The summed E-state index contributed by atoms with van der Waals surface area (Å²) in [5.74, 6) is 1.23. The second-order valence-electron chi connectivity index (χ2n) is 3.52. The van der Waals surface area contributed by atoms with Gasteiger partial charge >= 0.3 is 0 Å². The quantitative estimate of drug-likeness (QED) is 0.764. The highest BCUT2D eigenvalue weighted by molar-refractivity contribution is 9.10. The van der Waals surface area contributed by atoms with Crippen LogP contribution in [0.15, 0.2) is 10.7 Å². The van der Waals surface area contributed by atoms with Crippen molar-refractivity contribution >= 4 is 37.8 Å². The Morgan fingerprint density at radius 1 is 1.56 bits per heavy atom. The van der Waals surface area contributed by atoms with Crippen molar-refractivity contribution in [2.24, 2.45) is 0 Å². The summed E-state index contributed by atoms with van der Waals surface area (Å²) >= 11 is 6.84. The zero-order valence-electron chi connectivity index (χ0n) is 9.57. The Morgan fingerprint density at radius 3 is 2.81 bits per heavy atom. The van der Waals surface area contributed by atoms with E-state index in [1.165, 1.54) is 0 Å². The maximum Gasteiger partial charge on any atom is 0.232 e. The van der Waals surface area contributed by atoms with Crippen molar-refractivity contribution in [3.05, 3.63) is 10.7 Å². The van der Waals surface area contributed by atoms with Gasteiger partial charge in [-0.25, -0.2) is 4.98 Å². The first-order valence-corrected chi connectivity index (χ1v) is 6.67. The van der Waals surface area contributed by atoms with Crippen molar-refractivity contribution < 1.29 is 4.74 Å². The Balaban J connectivity index is 2.72. The van der Waals surface area contributed by atoms with E-state index in [-0.39, 0.29) is 0 Å². The van der Waals surface area contributed by atoms with E-state index >= 15 is 0 Å². The van der Waals surface area contributed by atoms with E-state index in [4.69, 9.17) is 4.74 Å². The van der Waals surface area contributed by atoms with E-state index in [2.05, 4.69) is 48.8 Å². The smallest absolute Gasteiger partial charge is 0.232 e. The molecular weight excluding hydrogens is 338 g/mol. The molecule has 0 aliphatic rings. The van der Waals surface area contributed by atoms with Gasteiger partial charge in [0.2, 0.25) is 11.8 Å². The fourth-order valence-corrected chi connectivity index (χ4v) is 1.70. The van der Waals surface area contributed by atoms with Gasteiger partial charge in [-0.15, -0.1) is 0 Å². The number of methoxy groups -OCH3 is 1. The Morgan fingerprint density at radius 2 is 2.25 bits per heavy atom. The third kappa shape index (κ3) is 3.90. The van der Waals surface area contributed by atoms with Gasteiger partial charge < -0.3 is 9.64 Å². The number of nitrogens with zero attached hydrogens (tertiary/aromatic N) is 3. The van der Waals surface area contributed by atoms with E-state index < -0.39 is 0 Å². The second-order valence-corrected chi connectivity index (χ2v) is 5.94. The highest BCUT2D eigenvalue weighted by Crippen LogP contribution is 2.23. The maximum absolute atomic E-state index is 5.13. The van der Waals surface area contributed by atoms with Crippen LogP contribution in [0.1, 0.15) is 13.3 Å². The summed E-state index contributed by atoms with van der Waals surface area (Å²) in [6, 6.07) is 0. The van der Waals surface area contributed by atoms with E-state index in [1.807, 2.05) is 11.9 Å². The second kappa shape index (κ2) is 6.39. The van der Waals surface area contributed by atoms with Gasteiger partial charge in [-0.2, -0.15) is 4.98 Å². The lowest BCUT2D eigenvalue weighted by Crippen LogP contribution is -2.22. The topological polar surface area (TPSA) is 38.2 Å². The van der Waals surface area contributed by atoms with Gasteiger partial charge in [0.05, 0.1) is 17.8 Å². The van der Waals surface area contributed by atoms with Crippen molar-refractivity contribution in [2.45, 2.75) is 18.2 Å². The number of hydrogen-bond acceptors (Lipinski definition) is 4. The average molecular weight is 353 g/mol. The fraction of sp³-hybridized carbons (Fsp3) is 0.600. The molecule has 0 radical (unpaired) electrons. The summed E-state index contributed by atoms with van der Waals surface area (Å²) in [5, 5.41) is 0. The first kappa shape index (κ1) is 13.7. The third-order valence-electron chi connectivity index (χ3n) is 2.10. The molecule has 0 saturated carbocycles. The van der Waals surface area contributed by atoms with Gasteiger partial charge in [-0.05, 0) is 22.4 Å². The molecule has 0 N–H and O–H groups in total. The van der Waals surface area contributed by atoms with Crippen LogP contribution in [-0.2, 0) is 0 Å². The highest BCUT2D eigenvalue weighted by Gasteiger charge is 2.09. The molecule has 16 heavy (non-hydrogen) atoms. The molecule has 0 fully saturated rings. The SMILES string of the molecule is COc1nc(N(C)CCC(C)Br)ncc1Br. The summed E-state index contributed by atoms with van der Waals surface area (Å²) in [6.45, 7) is 3.02. The maximum atomic E-state index is 5.13. The van der Waals surface area contributed by atoms with Crippen LogP contribution in [0.2, 0.25) is 0 Å². The summed E-state index contributed by atoms with van der Waals surface area (Å²) in [5.41, 5.74) is 0. The molecule has 0 amide bonds. The monoisotopic (exact) mass is 351 g/mol. The number of rotatable bonds is 5. The Labute approximate surface area is 113 Å². The molecule has 1 aromatic heterocycles. The molecule has 1 atom stereocenters. The van der Waals surface area contributed by atoms with Crippen LogP contribution in [0.25, 0.3) is 0 Å². The lowest BCUT2D eigenvalue weighted by atomic mass is 10.3. The lowest BCUT2D eigenvalue weighted by molar-refractivity contribution is 0.394. The summed E-state index contributed by atoms with van der Waals surface area (Å²) < 4.78 is 5.89. The predicted octanol–water partition coefficient (Wildman–Crippen LogP) is 2.86. The first-order valence-electron chi connectivity index (χ1n) is 4.96. The largest absolute Gasteiger partial charge is 0.480 e. The minimum absolute atomic E-state index is 0.493. The standard InChI is InChI=1S/C10H15Br2N3O/c1-7(11)4-5-15(2)10-13-6-8(12)9(14-10)16-3/h6-7H,4-5H2,1-3H3. The predicted molar refractivity (Wildman–Crippen MR) is 72.6 cm³/mol. The van der Waals surface area contributed by atoms with Crippen LogP contribution in [-0.4, -0.2) is 35.5 Å². The molecular formula is C10H15Br2N3O. The normalized spacial score (nSPS) is 12.3. The summed E-state index contributed by atoms with van der Waals surface area (Å²) in [4.78, 5) is 11.0. The van der Waals surface area contributed by atoms with Crippen molar-refractivity contribution in [1.82, 2.24) is 9.97 Å². The Kier molecular flexibility index (Phi) is 5.48. The van der Waals surface area contributed by atoms with Gasteiger partial charge in [0, 0.05) is 18.4 Å². The molecule has 6 heteroatoms. The van der Waals surface area contributed by atoms with Gasteiger partial charge in [0.1, 0.15) is 0 Å². The minimum Gasteiger partial charge on any atom is -0.480 e. The zero-order valence-corrected chi connectivity index (χ0v) is 12.7. The van der Waals surface area contributed by atoms with Gasteiger partial charge in [-0.1, -0.05) is 22.9 Å². The zero-order chi connectivity index (χ0) is 12.1. The third-order valence-corrected chi connectivity index (χ3v) is 3.10. The van der Waals surface area contributed by atoms with E-state index in [1.54, 1.807) is 13.3 Å². The van der Waals surface area contributed by atoms with Crippen LogP contribution in [0.5, 0.6) is 5.88 Å². The van der Waals surface area contributed by atoms with Crippen molar-refractivity contribution in [3.8, 4) is 5.88 Å². The minimum atomic E-state index is 0.493. The molecule has 1 heterocycles. The highest BCUT2D eigenvalue weighted by atomic mass is 79.9. The number of hydrogen-bond donors (Lipinski definition) is 0. The molecule has 4 nitrogen and oxygen atoms in total. The van der Waals surface area contributed by atoms with Crippen LogP contribution >= 0.6 is 31.9 Å². The number of ether oxygens (including phenoxy) is 1. The molecule has 1 rings (SSSR count). The van der Waals surface area contributed by atoms with E-state index in [0.29, 0.717) is 16.7 Å². The number of anilines is 1. The van der Waals surface area contributed by atoms with Crippen molar-refractivity contribution in [1.29, 1.82) is 0 Å². The van der Waals surface area contributed by atoms with Crippen LogP contribution in [0.3, 0.4) is 0 Å². The Hall–Kier alpha value is -0.360. The van der Waals surface area contributed by atoms with Crippen molar-refractivity contribution in [2.75, 3.05) is 25.6 Å². The molecule has 0 aliphatic heterocycles. The Bertz CT molecular complexity index is 347. The fourth-order valence-electron chi connectivity index (χ4n) is 1.14. The van der Waals surface area contributed by atoms with Crippen LogP contribution < -0.4 is 9.64 Å². The van der Waals surface area contributed by atoms with Gasteiger partial charge in [0.25, 0.3) is 0 Å². The molecule has 0 bridgehead atoms. The number of halogens is 2. The van der Waals surface area contributed by atoms with Gasteiger partial charge in [-0.3, -0.25) is 0 Å². The average Bonchev–Trinajstić information content (AvgIpc) is 2.26. The van der Waals surface area contributed by atoms with Crippen LogP contribution in [0, 0.1) is 0 Å². The van der Waals surface area contributed by atoms with E-state index in [9.17, 15) is 0 Å². The molecule has 0 aromatic carbocycles. The van der Waals surface area contributed by atoms with Crippen LogP contribution in [0.4, 0.5) is 5.95 Å². The molecule has 0 spiro atoms. The summed E-state index contributed by atoms with van der Waals surface area (Å²) in [7, 11) is 3.56. The van der Waals surface area contributed by atoms with E-state index in [0.717, 1.165) is 17.4 Å². The number of aromatic nitrogens is 2. The lowest BCUT2D eigenvalue weighted by Gasteiger charge is -2.18. The molecule has 1 unspecified atom stereocenters. The molecule has 1 aromatic rings. The molecule has 0 aliphatic carbocycles.